The summed E-state index contributed by atoms with van der Waals surface area (Å²) in [6.45, 7) is 0.879. The number of ether oxygens (including phenoxy) is 1. The number of pyridine rings is 1. The Bertz CT molecular complexity index is 744. The number of nitrogens with one attached hydrogen (secondary N) is 1. The molecular weight excluding hydrogens is 332 g/mol. The average Bonchev–Trinajstić information content (AvgIpc) is 2.65. The molecule has 0 spiro atoms. The first-order valence-corrected chi connectivity index (χ1v) is 8.43. The maximum Gasteiger partial charge on any atom is 0.303 e. The molecule has 0 unspecified atom stereocenters. The molecule has 1 heterocycles. The molecule has 26 heavy (non-hydrogen) atoms. The lowest BCUT2D eigenvalue weighted by Crippen LogP contribution is -2.23. The zero-order valence-corrected chi connectivity index (χ0v) is 14.4. The Morgan fingerprint density at radius 2 is 2.12 bits per heavy atom. The van der Waals surface area contributed by atoms with E-state index in [1.165, 1.54) is 6.08 Å². The number of amides is 1. The van der Waals surface area contributed by atoms with Gasteiger partial charge in [-0.1, -0.05) is 18.2 Å². The highest BCUT2D eigenvalue weighted by molar-refractivity contribution is 5.91. The third kappa shape index (κ3) is 7.61. The topological polar surface area (TPSA) is 88.5 Å². The molecule has 0 fully saturated rings. The van der Waals surface area contributed by atoms with Crippen LogP contribution in [0.5, 0.6) is 5.75 Å². The molecule has 6 heteroatoms. The van der Waals surface area contributed by atoms with E-state index in [0.717, 1.165) is 11.1 Å². The first-order chi connectivity index (χ1) is 12.6. The zero-order chi connectivity index (χ0) is 18.6. The van der Waals surface area contributed by atoms with E-state index in [0.29, 0.717) is 31.7 Å². The van der Waals surface area contributed by atoms with Crippen molar-refractivity contribution in [1.82, 2.24) is 10.3 Å². The van der Waals surface area contributed by atoms with Gasteiger partial charge in [0.1, 0.15) is 5.75 Å². The fourth-order valence-electron chi connectivity index (χ4n) is 2.24. The first-order valence-electron chi connectivity index (χ1n) is 8.43. The van der Waals surface area contributed by atoms with Crippen LogP contribution in [0.3, 0.4) is 0 Å². The molecule has 2 N–H and O–H groups in total. The van der Waals surface area contributed by atoms with Crippen LogP contribution in [0, 0.1) is 0 Å². The molecule has 0 saturated carbocycles. The summed E-state index contributed by atoms with van der Waals surface area (Å²) >= 11 is 0. The molecule has 6 nitrogen and oxygen atoms in total. The second kappa shape index (κ2) is 10.7. The summed E-state index contributed by atoms with van der Waals surface area (Å²) in [4.78, 5) is 26.3. The number of aliphatic carboxylic acids is 1. The SMILES string of the molecule is O=C(O)CCCOc1cccc(CCNC(=O)C=Cc2cccnc2)c1. The Kier molecular flexibility index (Phi) is 7.86. The van der Waals surface area contributed by atoms with Gasteiger partial charge in [0.25, 0.3) is 0 Å². The molecular formula is C20H22N2O4. The van der Waals surface area contributed by atoms with E-state index in [1.54, 1.807) is 18.5 Å². The van der Waals surface area contributed by atoms with Gasteiger partial charge in [0.15, 0.2) is 0 Å². The van der Waals surface area contributed by atoms with Gasteiger partial charge in [-0.3, -0.25) is 14.6 Å². The Morgan fingerprint density at radius 3 is 2.88 bits per heavy atom. The number of carbonyl (C=O) groups excluding carboxylic acids is 1. The monoisotopic (exact) mass is 354 g/mol. The van der Waals surface area contributed by atoms with E-state index >= 15 is 0 Å². The van der Waals surface area contributed by atoms with Gasteiger partial charge in [-0.15, -0.1) is 0 Å². The second-order valence-corrected chi connectivity index (χ2v) is 5.65. The van der Waals surface area contributed by atoms with E-state index in [2.05, 4.69) is 10.3 Å². The molecule has 0 atom stereocenters. The quantitative estimate of drug-likeness (QED) is 0.506. The van der Waals surface area contributed by atoms with Gasteiger partial charge in [-0.05, 0) is 48.2 Å². The summed E-state index contributed by atoms with van der Waals surface area (Å²) in [5.41, 5.74) is 1.91. The maximum absolute atomic E-state index is 11.8. The van der Waals surface area contributed by atoms with Crippen molar-refractivity contribution in [3.8, 4) is 5.75 Å². The lowest BCUT2D eigenvalue weighted by atomic mass is 10.1. The fourth-order valence-corrected chi connectivity index (χ4v) is 2.24. The Hall–Kier alpha value is -3.15. The van der Waals surface area contributed by atoms with Crippen LogP contribution in [0.1, 0.15) is 24.0 Å². The van der Waals surface area contributed by atoms with Crippen LogP contribution in [0.25, 0.3) is 6.08 Å². The third-order valence-electron chi connectivity index (χ3n) is 3.53. The number of nitrogens with zero attached hydrogens (tertiary/aromatic N) is 1. The minimum Gasteiger partial charge on any atom is -0.494 e. The van der Waals surface area contributed by atoms with Crippen LogP contribution >= 0.6 is 0 Å². The number of carboxylic acids is 1. The van der Waals surface area contributed by atoms with Crippen molar-refractivity contribution in [2.45, 2.75) is 19.3 Å². The van der Waals surface area contributed by atoms with Crippen molar-refractivity contribution in [3.63, 3.8) is 0 Å². The van der Waals surface area contributed by atoms with Gasteiger partial charge in [0.2, 0.25) is 5.91 Å². The Labute approximate surface area is 152 Å². The molecule has 0 aliphatic rings. The molecule has 2 rings (SSSR count). The largest absolute Gasteiger partial charge is 0.494 e. The Morgan fingerprint density at radius 1 is 1.23 bits per heavy atom. The highest BCUT2D eigenvalue weighted by Gasteiger charge is 2.01. The molecule has 1 aromatic heterocycles. The first kappa shape index (κ1) is 19.2. The highest BCUT2D eigenvalue weighted by atomic mass is 16.5. The third-order valence-corrected chi connectivity index (χ3v) is 3.53. The standard InChI is InChI=1S/C20H22N2O4/c23-19(9-8-17-5-2-11-21-15-17)22-12-10-16-4-1-6-18(14-16)26-13-3-7-20(24)25/h1-2,4-6,8-9,11,14-15H,3,7,10,12-13H2,(H,22,23)(H,24,25). The van der Waals surface area contributed by atoms with Crippen LogP contribution in [0.4, 0.5) is 0 Å². The van der Waals surface area contributed by atoms with Crippen molar-refractivity contribution in [1.29, 1.82) is 0 Å². The number of rotatable bonds is 10. The van der Waals surface area contributed by atoms with Gasteiger partial charge in [0, 0.05) is 31.4 Å². The molecule has 1 aromatic carbocycles. The lowest BCUT2D eigenvalue weighted by molar-refractivity contribution is -0.137. The second-order valence-electron chi connectivity index (χ2n) is 5.65. The predicted molar refractivity (Wildman–Crippen MR) is 98.8 cm³/mol. The van der Waals surface area contributed by atoms with Crippen molar-refractivity contribution in [3.05, 3.63) is 66.0 Å². The number of carboxylic acid groups (broad SMARTS) is 1. The van der Waals surface area contributed by atoms with E-state index < -0.39 is 5.97 Å². The van der Waals surface area contributed by atoms with E-state index in [4.69, 9.17) is 9.84 Å². The normalized spacial score (nSPS) is 10.6. The number of aromatic nitrogens is 1. The summed E-state index contributed by atoms with van der Waals surface area (Å²) < 4.78 is 5.54. The van der Waals surface area contributed by atoms with Gasteiger partial charge in [-0.2, -0.15) is 0 Å². The molecule has 0 aliphatic heterocycles. The maximum atomic E-state index is 11.8. The molecule has 1 amide bonds. The molecule has 2 aromatic rings. The Balaban J connectivity index is 1.71. The fraction of sp³-hybridized carbons (Fsp3) is 0.250. The van der Waals surface area contributed by atoms with Crippen molar-refractivity contribution in [2.24, 2.45) is 0 Å². The van der Waals surface area contributed by atoms with Crippen molar-refractivity contribution >= 4 is 18.0 Å². The predicted octanol–water partition coefficient (Wildman–Crippen LogP) is 2.70. The van der Waals surface area contributed by atoms with Crippen LogP contribution in [-0.4, -0.2) is 35.1 Å². The number of benzene rings is 1. The van der Waals surface area contributed by atoms with Crippen LogP contribution in [0.15, 0.2) is 54.9 Å². The summed E-state index contributed by atoms with van der Waals surface area (Å²) in [7, 11) is 0. The lowest BCUT2D eigenvalue weighted by Gasteiger charge is -2.08. The molecule has 0 radical (unpaired) electrons. The van der Waals surface area contributed by atoms with Crippen LogP contribution in [0.2, 0.25) is 0 Å². The van der Waals surface area contributed by atoms with Gasteiger partial charge >= 0.3 is 5.97 Å². The van der Waals surface area contributed by atoms with E-state index in [1.807, 2.05) is 36.4 Å². The minimum absolute atomic E-state index is 0.0955. The molecule has 136 valence electrons. The van der Waals surface area contributed by atoms with Crippen molar-refractivity contribution in [2.75, 3.05) is 13.2 Å². The molecule has 0 saturated heterocycles. The zero-order valence-electron chi connectivity index (χ0n) is 14.4. The molecule has 0 aliphatic carbocycles. The number of hydrogen-bond acceptors (Lipinski definition) is 4. The van der Waals surface area contributed by atoms with Crippen LogP contribution < -0.4 is 10.1 Å². The van der Waals surface area contributed by atoms with Crippen molar-refractivity contribution < 1.29 is 19.4 Å². The van der Waals surface area contributed by atoms with Gasteiger partial charge < -0.3 is 15.2 Å². The summed E-state index contributed by atoms with van der Waals surface area (Å²) in [5, 5.41) is 11.4. The van der Waals surface area contributed by atoms with E-state index in [9.17, 15) is 9.59 Å². The van der Waals surface area contributed by atoms with Gasteiger partial charge in [0.05, 0.1) is 6.61 Å². The average molecular weight is 354 g/mol. The number of hydrogen-bond donors (Lipinski definition) is 2. The smallest absolute Gasteiger partial charge is 0.303 e. The minimum atomic E-state index is -0.823. The van der Waals surface area contributed by atoms with Crippen LogP contribution in [-0.2, 0) is 16.0 Å². The summed E-state index contributed by atoms with van der Waals surface area (Å²) in [6.07, 6.45) is 7.82. The highest BCUT2D eigenvalue weighted by Crippen LogP contribution is 2.14. The summed E-state index contributed by atoms with van der Waals surface area (Å²) in [5.74, 6) is -0.277. The molecule has 0 bridgehead atoms. The number of carbonyl (C=O) groups is 2. The van der Waals surface area contributed by atoms with Gasteiger partial charge in [-0.25, -0.2) is 0 Å². The van der Waals surface area contributed by atoms with E-state index in [-0.39, 0.29) is 12.3 Å². The summed E-state index contributed by atoms with van der Waals surface area (Å²) in [6, 6.07) is 11.3.